The second-order valence-corrected chi connectivity index (χ2v) is 6.16. The average molecular weight is 359 g/mol. The first-order valence-corrected chi connectivity index (χ1v) is 8.86. The molecule has 0 saturated carbocycles. The Morgan fingerprint density at radius 1 is 1.12 bits per heavy atom. The van der Waals surface area contributed by atoms with Crippen LogP contribution in [-0.2, 0) is 9.59 Å². The van der Waals surface area contributed by atoms with Gasteiger partial charge in [-0.15, -0.1) is 11.3 Å². The first kappa shape index (κ1) is 18.7. The van der Waals surface area contributed by atoms with Gasteiger partial charge in [0.15, 0.2) is 0 Å². The summed E-state index contributed by atoms with van der Waals surface area (Å²) in [6, 6.07) is 10.9. The summed E-state index contributed by atoms with van der Waals surface area (Å²) in [7, 11) is 0. The summed E-state index contributed by atoms with van der Waals surface area (Å²) in [5, 5.41) is 8.73. The molecule has 0 atom stereocenters. The van der Waals surface area contributed by atoms with Crippen molar-refractivity contribution in [2.24, 2.45) is 5.10 Å². The van der Waals surface area contributed by atoms with Gasteiger partial charge < -0.3 is 10.1 Å². The van der Waals surface area contributed by atoms with E-state index in [0.717, 1.165) is 16.3 Å². The molecule has 1 aromatic carbocycles. The lowest BCUT2D eigenvalue weighted by atomic mass is 10.2. The molecule has 2 rings (SSSR count). The Hall–Kier alpha value is -2.67. The van der Waals surface area contributed by atoms with E-state index in [-0.39, 0.29) is 24.7 Å². The Labute approximate surface area is 150 Å². The first-order valence-electron chi connectivity index (χ1n) is 7.98. The number of rotatable bonds is 8. The summed E-state index contributed by atoms with van der Waals surface area (Å²) in [6.45, 7) is 4.33. The second kappa shape index (κ2) is 9.58. The van der Waals surface area contributed by atoms with Gasteiger partial charge in [0.1, 0.15) is 5.75 Å². The van der Waals surface area contributed by atoms with Crippen molar-refractivity contribution in [2.45, 2.75) is 26.7 Å². The summed E-state index contributed by atoms with van der Waals surface area (Å²) < 4.78 is 5.34. The number of amides is 2. The number of hydrogen-bond donors (Lipinski definition) is 2. The maximum atomic E-state index is 11.9. The zero-order chi connectivity index (χ0) is 18.1. The van der Waals surface area contributed by atoms with Crippen molar-refractivity contribution >= 4 is 34.6 Å². The molecular weight excluding hydrogens is 338 g/mol. The monoisotopic (exact) mass is 359 g/mol. The highest BCUT2D eigenvalue weighted by molar-refractivity contribution is 7.12. The maximum absolute atomic E-state index is 11.9. The van der Waals surface area contributed by atoms with E-state index in [1.807, 2.05) is 31.4 Å². The fraction of sp³-hybridized carbons (Fsp3) is 0.278. The van der Waals surface area contributed by atoms with Crippen molar-refractivity contribution in [1.82, 2.24) is 5.43 Å². The molecule has 132 valence electrons. The molecule has 0 spiro atoms. The van der Waals surface area contributed by atoms with E-state index in [0.29, 0.717) is 12.3 Å². The van der Waals surface area contributed by atoms with Gasteiger partial charge in [0, 0.05) is 23.4 Å². The molecule has 0 aliphatic rings. The Morgan fingerprint density at radius 3 is 2.48 bits per heavy atom. The number of nitrogens with zero attached hydrogens (tertiary/aromatic N) is 1. The van der Waals surface area contributed by atoms with Crippen LogP contribution in [0, 0.1) is 0 Å². The van der Waals surface area contributed by atoms with E-state index in [4.69, 9.17) is 4.74 Å². The van der Waals surface area contributed by atoms with Crippen LogP contribution in [0.5, 0.6) is 5.75 Å². The van der Waals surface area contributed by atoms with Crippen molar-refractivity contribution in [3.05, 3.63) is 46.7 Å². The number of benzene rings is 1. The van der Waals surface area contributed by atoms with Crippen LogP contribution in [-0.4, -0.2) is 24.1 Å². The third-order valence-corrected chi connectivity index (χ3v) is 4.23. The number of thiophene rings is 1. The molecule has 7 heteroatoms. The SMILES string of the molecule is CCOc1ccc(NC(=O)CCC(=O)N/N=C(/C)c2cccs2)cc1. The minimum atomic E-state index is -0.294. The van der Waals surface area contributed by atoms with E-state index in [2.05, 4.69) is 15.8 Å². The predicted octanol–water partition coefficient (Wildman–Crippen LogP) is 3.41. The van der Waals surface area contributed by atoms with Crippen LogP contribution >= 0.6 is 11.3 Å². The molecule has 0 saturated heterocycles. The van der Waals surface area contributed by atoms with Crippen LogP contribution in [0.25, 0.3) is 0 Å². The van der Waals surface area contributed by atoms with Gasteiger partial charge in [-0.3, -0.25) is 9.59 Å². The smallest absolute Gasteiger partial charge is 0.240 e. The largest absolute Gasteiger partial charge is 0.494 e. The molecule has 0 radical (unpaired) electrons. The van der Waals surface area contributed by atoms with E-state index in [9.17, 15) is 9.59 Å². The number of ether oxygens (including phenoxy) is 1. The van der Waals surface area contributed by atoms with Crippen LogP contribution in [0.3, 0.4) is 0 Å². The standard InChI is InChI=1S/C18H21N3O3S/c1-3-24-15-8-6-14(7-9-15)19-17(22)10-11-18(23)21-20-13(2)16-5-4-12-25-16/h4-9,12H,3,10-11H2,1-2H3,(H,19,22)(H,21,23)/b20-13-. The molecule has 2 aromatic rings. The number of carbonyl (C=O) groups is 2. The third kappa shape index (κ3) is 6.39. The Balaban J connectivity index is 1.73. The average Bonchev–Trinajstić information content (AvgIpc) is 3.14. The molecule has 2 amide bonds. The molecule has 0 unspecified atom stereocenters. The Morgan fingerprint density at radius 2 is 1.84 bits per heavy atom. The van der Waals surface area contributed by atoms with E-state index in [1.54, 1.807) is 35.6 Å². The number of anilines is 1. The van der Waals surface area contributed by atoms with E-state index < -0.39 is 0 Å². The van der Waals surface area contributed by atoms with Crippen molar-refractivity contribution in [1.29, 1.82) is 0 Å². The van der Waals surface area contributed by atoms with E-state index in [1.165, 1.54) is 0 Å². The molecule has 2 N–H and O–H groups in total. The summed E-state index contributed by atoms with van der Waals surface area (Å²) in [5.74, 6) is 0.231. The first-order chi connectivity index (χ1) is 12.1. The van der Waals surface area contributed by atoms with Crippen molar-refractivity contribution in [3.8, 4) is 5.75 Å². The third-order valence-electron chi connectivity index (χ3n) is 3.25. The number of hydrogen-bond acceptors (Lipinski definition) is 5. The van der Waals surface area contributed by atoms with Gasteiger partial charge in [-0.2, -0.15) is 5.10 Å². The van der Waals surface area contributed by atoms with Gasteiger partial charge in [-0.1, -0.05) is 6.07 Å². The van der Waals surface area contributed by atoms with Gasteiger partial charge in [-0.05, 0) is 49.6 Å². The molecule has 0 fully saturated rings. The fourth-order valence-electron chi connectivity index (χ4n) is 1.99. The Kier molecular flexibility index (Phi) is 7.16. The quantitative estimate of drug-likeness (QED) is 0.560. The van der Waals surface area contributed by atoms with Crippen molar-refractivity contribution < 1.29 is 14.3 Å². The van der Waals surface area contributed by atoms with Crippen LogP contribution < -0.4 is 15.5 Å². The molecular formula is C18H21N3O3S. The number of hydrazone groups is 1. The zero-order valence-electron chi connectivity index (χ0n) is 14.2. The van der Waals surface area contributed by atoms with Crippen LogP contribution in [0.15, 0.2) is 46.9 Å². The maximum Gasteiger partial charge on any atom is 0.240 e. The summed E-state index contributed by atoms with van der Waals surface area (Å²) in [4.78, 5) is 24.7. The second-order valence-electron chi connectivity index (χ2n) is 5.22. The highest BCUT2D eigenvalue weighted by Crippen LogP contribution is 2.16. The molecule has 1 heterocycles. The van der Waals surface area contributed by atoms with Gasteiger partial charge in [0.05, 0.1) is 12.3 Å². The molecule has 0 aliphatic carbocycles. The molecule has 6 nitrogen and oxygen atoms in total. The Bertz CT molecular complexity index is 725. The zero-order valence-corrected chi connectivity index (χ0v) is 15.1. The number of nitrogens with one attached hydrogen (secondary N) is 2. The molecule has 0 bridgehead atoms. The van der Waals surface area contributed by atoms with Crippen molar-refractivity contribution in [2.75, 3.05) is 11.9 Å². The van der Waals surface area contributed by atoms with Crippen LogP contribution in [0.1, 0.15) is 31.6 Å². The molecule has 25 heavy (non-hydrogen) atoms. The van der Waals surface area contributed by atoms with E-state index >= 15 is 0 Å². The lowest BCUT2D eigenvalue weighted by Crippen LogP contribution is -2.21. The summed E-state index contributed by atoms with van der Waals surface area (Å²) in [6.07, 6.45) is 0.163. The summed E-state index contributed by atoms with van der Waals surface area (Å²) >= 11 is 1.55. The topological polar surface area (TPSA) is 79.8 Å². The van der Waals surface area contributed by atoms with Gasteiger partial charge in [0.25, 0.3) is 0 Å². The minimum Gasteiger partial charge on any atom is -0.494 e. The predicted molar refractivity (Wildman–Crippen MR) is 100 cm³/mol. The summed E-state index contributed by atoms with van der Waals surface area (Å²) in [5.41, 5.74) is 3.88. The normalized spacial score (nSPS) is 11.0. The highest BCUT2D eigenvalue weighted by Gasteiger charge is 2.07. The van der Waals surface area contributed by atoms with Gasteiger partial charge >= 0.3 is 0 Å². The molecule has 1 aromatic heterocycles. The van der Waals surface area contributed by atoms with Crippen molar-refractivity contribution in [3.63, 3.8) is 0 Å². The van der Waals surface area contributed by atoms with Gasteiger partial charge in [-0.25, -0.2) is 5.43 Å². The highest BCUT2D eigenvalue weighted by atomic mass is 32.1. The number of carbonyl (C=O) groups excluding carboxylic acids is 2. The van der Waals surface area contributed by atoms with Crippen LogP contribution in [0.2, 0.25) is 0 Å². The lowest BCUT2D eigenvalue weighted by Gasteiger charge is -2.07. The van der Waals surface area contributed by atoms with Gasteiger partial charge in [0.2, 0.25) is 11.8 Å². The molecule has 0 aliphatic heterocycles. The minimum absolute atomic E-state index is 0.0735. The lowest BCUT2D eigenvalue weighted by molar-refractivity contribution is -0.124. The van der Waals surface area contributed by atoms with Crippen LogP contribution in [0.4, 0.5) is 5.69 Å². The fourth-order valence-corrected chi connectivity index (χ4v) is 2.67.